The second-order valence-corrected chi connectivity index (χ2v) is 10.3. The molecule has 9 heteroatoms. The highest BCUT2D eigenvalue weighted by atomic mass is 16.6. The summed E-state index contributed by atoms with van der Waals surface area (Å²) in [5.41, 5.74) is 2.37. The van der Waals surface area contributed by atoms with Crippen molar-refractivity contribution in [3.63, 3.8) is 0 Å². The molecule has 0 bridgehead atoms. The Bertz CT molecular complexity index is 1630. The quantitative estimate of drug-likeness (QED) is 0.290. The first kappa shape index (κ1) is 26.6. The van der Waals surface area contributed by atoms with Crippen LogP contribution in [0.5, 0.6) is 0 Å². The average Bonchev–Trinajstić information content (AvgIpc) is 3.62. The van der Waals surface area contributed by atoms with Gasteiger partial charge in [-0.05, 0) is 30.5 Å². The molecule has 3 heterocycles. The lowest BCUT2D eigenvalue weighted by atomic mass is 9.80. The molecule has 1 fully saturated rings. The molecule has 1 saturated heterocycles. The van der Waals surface area contributed by atoms with Gasteiger partial charge >= 0.3 is 5.69 Å². The van der Waals surface area contributed by atoms with E-state index < -0.39 is 29.2 Å². The van der Waals surface area contributed by atoms with Crippen LogP contribution in [0, 0.1) is 13.8 Å². The van der Waals surface area contributed by atoms with E-state index in [-0.39, 0.29) is 12.6 Å². The Kier molecular flexibility index (Phi) is 7.21. The lowest BCUT2D eigenvalue weighted by Gasteiger charge is -2.37. The summed E-state index contributed by atoms with van der Waals surface area (Å²) in [7, 11) is 0. The number of aryl methyl sites for hydroxylation is 2. The van der Waals surface area contributed by atoms with Gasteiger partial charge in [0.05, 0.1) is 24.5 Å². The average molecular weight is 550 g/mol. The minimum Gasteiger partial charge on any atom is -0.358 e. The highest BCUT2D eigenvalue weighted by molar-refractivity contribution is 5.47. The van der Waals surface area contributed by atoms with E-state index in [0.29, 0.717) is 12.0 Å². The zero-order valence-electron chi connectivity index (χ0n) is 22.9. The van der Waals surface area contributed by atoms with Crippen molar-refractivity contribution in [1.82, 2.24) is 24.5 Å². The number of aromatic amines is 1. The second kappa shape index (κ2) is 11.1. The van der Waals surface area contributed by atoms with Crippen LogP contribution in [0.15, 0.2) is 113 Å². The molecule has 9 nitrogen and oxygen atoms in total. The predicted octanol–water partition coefficient (Wildman–Crippen LogP) is 4.28. The third kappa shape index (κ3) is 4.94. The molecule has 3 atom stereocenters. The van der Waals surface area contributed by atoms with E-state index in [9.17, 15) is 9.59 Å². The molecular weight excluding hydrogens is 518 g/mol. The molecule has 5 aromatic rings. The largest absolute Gasteiger partial charge is 0.358 e. The topological polar surface area (TPSA) is 104 Å². The van der Waals surface area contributed by atoms with Gasteiger partial charge in [0, 0.05) is 18.2 Å². The summed E-state index contributed by atoms with van der Waals surface area (Å²) in [6.07, 6.45) is 2.58. The van der Waals surface area contributed by atoms with Crippen molar-refractivity contribution in [3.8, 4) is 0 Å². The molecule has 0 amide bonds. The second-order valence-electron chi connectivity index (χ2n) is 10.3. The molecule has 3 aromatic carbocycles. The predicted molar refractivity (Wildman–Crippen MR) is 154 cm³/mol. The van der Waals surface area contributed by atoms with Crippen molar-refractivity contribution >= 4 is 0 Å². The molecule has 1 aliphatic rings. The summed E-state index contributed by atoms with van der Waals surface area (Å²) in [6, 6.07) is 30.2. The highest BCUT2D eigenvalue weighted by Crippen LogP contribution is 2.43. The fraction of sp³-hybridized carbons (Fsp3) is 0.250. The van der Waals surface area contributed by atoms with Crippen molar-refractivity contribution < 1.29 is 9.47 Å². The van der Waals surface area contributed by atoms with Gasteiger partial charge in [-0.2, -0.15) is 0 Å². The summed E-state index contributed by atoms with van der Waals surface area (Å²) in [6.45, 7) is 3.79. The Morgan fingerprint density at radius 1 is 0.902 bits per heavy atom. The van der Waals surface area contributed by atoms with Gasteiger partial charge in [0.25, 0.3) is 5.56 Å². The number of rotatable bonds is 8. The molecule has 0 spiro atoms. The number of aromatic nitrogens is 5. The number of ether oxygens (including phenoxy) is 2. The van der Waals surface area contributed by atoms with Gasteiger partial charge in [0.1, 0.15) is 17.9 Å². The number of benzene rings is 3. The summed E-state index contributed by atoms with van der Waals surface area (Å²) >= 11 is 0. The molecule has 2 aromatic heterocycles. The van der Waals surface area contributed by atoms with E-state index in [4.69, 9.17) is 9.47 Å². The lowest BCUT2D eigenvalue weighted by molar-refractivity contribution is -0.0844. The molecule has 0 unspecified atom stereocenters. The molecule has 41 heavy (non-hydrogen) atoms. The third-order valence-corrected chi connectivity index (χ3v) is 7.73. The van der Waals surface area contributed by atoms with E-state index >= 15 is 0 Å². The summed E-state index contributed by atoms with van der Waals surface area (Å²) < 4.78 is 16.9. The van der Waals surface area contributed by atoms with E-state index in [2.05, 4.69) is 51.7 Å². The molecule has 208 valence electrons. The van der Waals surface area contributed by atoms with E-state index in [1.807, 2.05) is 66.2 Å². The first-order valence-corrected chi connectivity index (χ1v) is 13.6. The monoisotopic (exact) mass is 549 g/mol. The van der Waals surface area contributed by atoms with Crippen LogP contribution < -0.4 is 11.2 Å². The van der Waals surface area contributed by atoms with Gasteiger partial charge in [-0.1, -0.05) is 96.2 Å². The SMILES string of the molecule is Cc1cn([C@H]2C[C@H](n3nncc3C)[C@@H](COC(c3ccccc3)(c3ccccc3)c3ccccc3)O2)c(=O)[nH]c1=O. The number of hydrogen-bond donors (Lipinski definition) is 1. The van der Waals surface area contributed by atoms with Crippen molar-refractivity contribution in [3.05, 3.63) is 152 Å². The van der Waals surface area contributed by atoms with Crippen LogP contribution in [0.25, 0.3) is 0 Å². The molecule has 1 N–H and O–H groups in total. The fourth-order valence-electron chi connectivity index (χ4n) is 5.69. The van der Waals surface area contributed by atoms with Crippen LogP contribution >= 0.6 is 0 Å². The summed E-state index contributed by atoms with van der Waals surface area (Å²) in [4.78, 5) is 27.2. The molecule has 6 rings (SSSR count). The maximum absolute atomic E-state index is 12.8. The summed E-state index contributed by atoms with van der Waals surface area (Å²) in [5.74, 6) is 0. The molecule has 0 aliphatic carbocycles. The number of H-pyrrole nitrogens is 1. The Hall–Kier alpha value is -4.60. The van der Waals surface area contributed by atoms with E-state index in [0.717, 1.165) is 22.4 Å². The molecule has 1 aliphatic heterocycles. The zero-order valence-corrected chi connectivity index (χ0v) is 22.9. The van der Waals surface area contributed by atoms with Crippen molar-refractivity contribution in [2.24, 2.45) is 0 Å². The Morgan fingerprint density at radius 3 is 1.98 bits per heavy atom. The van der Waals surface area contributed by atoms with Crippen LogP contribution in [0.2, 0.25) is 0 Å². The zero-order chi connectivity index (χ0) is 28.4. The minimum absolute atomic E-state index is 0.191. The Labute approximate surface area is 237 Å². The van der Waals surface area contributed by atoms with Crippen molar-refractivity contribution in [1.29, 1.82) is 0 Å². The summed E-state index contributed by atoms with van der Waals surface area (Å²) in [5, 5.41) is 8.43. The van der Waals surface area contributed by atoms with Gasteiger partial charge < -0.3 is 9.47 Å². The van der Waals surface area contributed by atoms with Gasteiger partial charge in [0.2, 0.25) is 0 Å². The van der Waals surface area contributed by atoms with E-state index in [1.54, 1.807) is 19.3 Å². The van der Waals surface area contributed by atoms with Gasteiger partial charge in [-0.25, -0.2) is 9.48 Å². The van der Waals surface area contributed by atoms with Crippen molar-refractivity contribution in [2.45, 2.75) is 44.2 Å². The minimum atomic E-state index is -0.932. The van der Waals surface area contributed by atoms with E-state index in [1.165, 1.54) is 4.57 Å². The normalized spacial score (nSPS) is 18.9. The van der Waals surface area contributed by atoms with Gasteiger partial charge in [-0.3, -0.25) is 14.3 Å². The lowest BCUT2D eigenvalue weighted by Crippen LogP contribution is -2.38. The van der Waals surface area contributed by atoms with Gasteiger partial charge in [-0.15, -0.1) is 5.10 Å². The molecule has 0 saturated carbocycles. The van der Waals surface area contributed by atoms with Gasteiger partial charge in [0.15, 0.2) is 0 Å². The molecular formula is C32H31N5O4. The maximum Gasteiger partial charge on any atom is 0.330 e. The maximum atomic E-state index is 12.8. The van der Waals surface area contributed by atoms with Crippen LogP contribution in [-0.2, 0) is 15.1 Å². The Morgan fingerprint density at radius 2 is 1.46 bits per heavy atom. The van der Waals surface area contributed by atoms with Crippen LogP contribution in [0.3, 0.4) is 0 Å². The van der Waals surface area contributed by atoms with Crippen molar-refractivity contribution in [2.75, 3.05) is 6.61 Å². The van der Waals surface area contributed by atoms with Crippen LogP contribution in [-0.4, -0.2) is 37.3 Å². The molecule has 0 radical (unpaired) electrons. The third-order valence-electron chi connectivity index (χ3n) is 7.73. The smallest absolute Gasteiger partial charge is 0.330 e. The first-order chi connectivity index (χ1) is 20.0. The number of nitrogens with one attached hydrogen (secondary N) is 1. The standard InChI is InChI=1S/C32H31N5O4/c1-22-20-36(31(39)34-30(22)38)29-18-27(37-23(2)19-33-35-37)28(41-29)21-40-32(24-12-6-3-7-13-24,25-14-8-4-9-15-25)26-16-10-5-11-17-26/h3-17,19-20,27-29H,18,21H2,1-2H3,(H,34,38,39)/t27-,28+,29+/m0/s1. The fourth-order valence-corrected chi connectivity index (χ4v) is 5.69. The van der Waals surface area contributed by atoms with Crippen LogP contribution in [0.1, 0.15) is 46.6 Å². The van der Waals surface area contributed by atoms with Crippen LogP contribution in [0.4, 0.5) is 0 Å². The number of nitrogens with zero attached hydrogens (tertiary/aromatic N) is 4. The highest BCUT2D eigenvalue weighted by Gasteiger charge is 2.43. The first-order valence-electron chi connectivity index (χ1n) is 13.6. The Balaban J connectivity index is 1.43. The number of hydrogen-bond acceptors (Lipinski definition) is 6.